The van der Waals surface area contributed by atoms with Gasteiger partial charge in [0.15, 0.2) is 5.69 Å². The number of fused-ring (bicyclic) bond motifs is 4. The zero-order valence-electron chi connectivity index (χ0n) is 17.8. The molecule has 0 atom stereocenters. The highest BCUT2D eigenvalue weighted by Gasteiger charge is 2.22. The molecule has 2 aromatic carbocycles. The molecule has 31 heavy (non-hydrogen) atoms. The van der Waals surface area contributed by atoms with E-state index in [0.29, 0.717) is 18.7 Å². The van der Waals surface area contributed by atoms with Gasteiger partial charge in [0.05, 0.1) is 12.3 Å². The van der Waals surface area contributed by atoms with Gasteiger partial charge in [0.1, 0.15) is 6.33 Å². The van der Waals surface area contributed by atoms with Gasteiger partial charge in [-0.2, -0.15) is 0 Å². The molecule has 160 valence electrons. The van der Waals surface area contributed by atoms with Gasteiger partial charge in [-0.1, -0.05) is 36.4 Å². The van der Waals surface area contributed by atoms with Gasteiger partial charge in [-0.3, -0.25) is 4.79 Å². The maximum atomic E-state index is 11.9. The lowest BCUT2D eigenvalue weighted by atomic mass is 10.1. The van der Waals surface area contributed by atoms with E-state index in [1.807, 2.05) is 41.8 Å². The topological polar surface area (TPSA) is 73.2 Å². The lowest BCUT2D eigenvalue weighted by Crippen LogP contribution is -2.09. The minimum absolute atomic E-state index is 0.139. The highest BCUT2D eigenvalue weighted by molar-refractivity contribution is 5.92. The molecule has 0 unspecified atom stereocenters. The van der Waals surface area contributed by atoms with Crippen molar-refractivity contribution in [2.24, 2.45) is 0 Å². The minimum atomic E-state index is -0.323. The van der Waals surface area contributed by atoms with E-state index in [4.69, 9.17) is 4.74 Å². The molecule has 0 aliphatic carbocycles. The van der Waals surface area contributed by atoms with E-state index in [0.717, 1.165) is 49.2 Å². The number of hydrogen-bond acceptors (Lipinski definition) is 4. The van der Waals surface area contributed by atoms with Crippen molar-refractivity contribution in [2.45, 2.75) is 45.4 Å². The fraction of sp³-hybridized carbons (Fsp3) is 0.320. The van der Waals surface area contributed by atoms with E-state index < -0.39 is 0 Å². The number of aryl methyl sites for hydroxylation is 2. The van der Waals surface area contributed by atoms with Crippen molar-refractivity contribution in [1.82, 2.24) is 9.55 Å². The number of amides is 1. The van der Waals surface area contributed by atoms with Gasteiger partial charge >= 0.3 is 5.97 Å². The number of nitrogens with zero attached hydrogens (tertiary/aromatic N) is 2. The van der Waals surface area contributed by atoms with Gasteiger partial charge in [0, 0.05) is 17.8 Å². The van der Waals surface area contributed by atoms with Gasteiger partial charge in [0.25, 0.3) is 0 Å². The first-order chi connectivity index (χ1) is 15.2. The molecule has 0 spiro atoms. The summed E-state index contributed by atoms with van der Waals surface area (Å²) < 4.78 is 7.09. The predicted molar refractivity (Wildman–Crippen MR) is 120 cm³/mol. The van der Waals surface area contributed by atoms with Crippen LogP contribution >= 0.6 is 0 Å². The molecule has 6 nitrogen and oxygen atoms in total. The van der Waals surface area contributed by atoms with Gasteiger partial charge in [-0.25, -0.2) is 9.78 Å². The number of para-hydroxylation sites is 2. The highest BCUT2D eigenvalue weighted by Crippen LogP contribution is 2.26. The van der Waals surface area contributed by atoms with E-state index in [2.05, 4.69) is 28.5 Å². The number of carbonyl (C=O) groups is 2. The smallest absolute Gasteiger partial charge is 0.358 e. The Morgan fingerprint density at radius 3 is 2.55 bits per heavy atom. The number of aromatic nitrogens is 2. The normalized spacial score (nSPS) is 14.4. The van der Waals surface area contributed by atoms with Crippen molar-refractivity contribution >= 4 is 17.6 Å². The van der Waals surface area contributed by atoms with E-state index >= 15 is 0 Å². The number of nitrogens with one attached hydrogen (secondary N) is 1. The molecular formula is C25H27N3O3. The summed E-state index contributed by atoms with van der Waals surface area (Å²) >= 11 is 0. The van der Waals surface area contributed by atoms with Gasteiger partial charge in [-0.05, 0) is 62.3 Å². The summed E-state index contributed by atoms with van der Waals surface area (Å²) in [5.41, 5.74) is 6.08. The second-order valence-electron chi connectivity index (χ2n) is 7.67. The summed E-state index contributed by atoms with van der Waals surface area (Å²) in [5, 5.41) is 2.88. The van der Waals surface area contributed by atoms with Crippen LogP contribution < -0.4 is 5.32 Å². The molecule has 1 aromatic heterocycles. The van der Waals surface area contributed by atoms with Crippen molar-refractivity contribution in [1.29, 1.82) is 0 Å². The molecule has 3 aromatic rings. The van der Waals surface area contributed by atoms with Crippen LogP contribution in [0.3, 0.4) is 0 Å². The molecule has 6 heteroatoms. The molecule has 3 heterocycles. The number of esters is 1. The third-order valence-corrected chi connectivity index (χ3v) is 5.59. The van der Waals surface area contributed by atoms with Crippen LogP contribution in [-0.2, 0) is 28.8 Å². The molecule has 0 radical (unpaired) electrons. The Hall–Kier alpha value is -3.41. The van der Waals surface area contributed by atoms with E-state index in [9.17, 15) is 9.59 Å². The van der Waals surface area contributed by atoms with E-state index in [1.165, 1.54) is 11.1 Å². The molecular weight excluding hydrogens is 390 g/mol. The molecule has 2 aliphatic rings. The molecule has 0 saturated carbocycles. The molecule has 1 amide bonds. The number of anilines is 1. The third-order valence-electron chi connectivity index (χ3n) is 5.59. The van der Waals surface area contributed by atoms with Crippen molar-refractivity contribution < 1.29 is 14.3 Å². The Morgan fingerprint density at radius 2 is 1.71 bits per heavy atom. The zero-order chi connectivity index (χ0) is 21.6. The van der Waals surface area contributed by atoms with E-state index in [1.54, 1.807) is 6.33 Å². The number of ether oxygens (including phenoxy) is 1. The van der Waals surface area contributed by atoms with Crippen LogP contribution in [0, 0.1) is 0 Å². The van der Waals surface area contributed by atoms with Crippen molar-refractivity contribution in [3.05, 3.63) is 77.4 Å². The molecule has 0 saturated heterocycles. The summed E-state index contributed by atoms with van der Waals surface area (Å²) in [6.07, 6.45) is 7.25. The van der Waals surface area contributed by atoms with Crippen molar-refractivity contribution in [3.8, 4) is 5.69 Å². The van der Waals surface area contributed by atoms with Crippen molar-refractivity contribution in [2.75, 3.05) is 11.9 Å². The van der Waals surface area contributed by atoms with Crippen LogP contribution in [0.1, 0.15) is 53.5 Å². The van der Waals surface area contributed by atoms with Crippen LogP contribution in [0.2, 0.25) is 0 Å². The Kier molecular flexibility index (Phi) is 6.46. The second-order valence-corrected chi connectivity index (χ2v) is 7.67. The first-order valence-corrected chi connectivity index (χ1v) is 10.9. The van der Waals surface area contributed by atoms with Crippen LogP contribution in [0.4, 0.5) is 5.69 Å². The summed E-state index contributed by atoms with van der Waals surface area (Å²) in [4.78, 5) is 27.3. The Bertz CT molecular complexity index is 1090. The lowest BCUT2D eigenvalue weighted by molar-refractivity contribution is -0.116. The lowest BCUT2D eigenvalue weighted by Gasteiger charge is -2.08. The minimum Gasteiger partial charge on any atom is -0.461 e. The van der Waals surface area contributed by atoms with Crippen LogP contribution in [0.5, 0.6) is 0 Å². The van der Waals surface area contributed by atoms with Crippen LogP contribution in [0.15, 0.2) is 54.9 Å². The van der Waals surface area contributed by atoms with Gasteiger partial charge < -0.3 is 14.6 Å². The van der Waals surface area contributed by atoms with Crippen molar-refractivity contribution in [3.63, 3.8) is 0 Å². The maximum absolute atomic E-state index is 11.9. The number of benzene rings is 2. The number of rotatable bonds is 2. The summed E-state index contributed by atoms with van der Waals surface area (Å²) in [6, 6.07) is 16.3. The number of imidazole rings is 1. The number of carbonyl (C=O) groups excluding carboxylic acids is 2. The number of hydrogen-bond donors (Lipinski definition) is 1. The Balaban J connectivity index is 0.000000166. The monoisotopic (exact) mass is 417 g/mol. The van der Waals surface area contributed by atoms with Gasteiger partial charge in [-0.15, -0.1) is 0 Å². The molecule has 0 fully saturated rings. The average molecular weight is 418 g/mol. The highest BCUT2D eigenvalue weighted by atomic mass is 16.5. The SMILES string of the molecule is CCOC(=O)c1ncn2c1CCCc1ccccc1-2.O=C1CCCc2ccccc2N1. The van der Waals surface area contributed by atoms with E-state index in [-0.39, 0.29) is 11.9 Å². The fourth-order valence-corrected chi connectivity index (χ4v) is 4.11. The first-order valence-electron chi connectivity index (χ1n) is 10.9. The maximum Gasteiger partial charge on any atom is 0.358 e. The molecule has 1 N–H and O–H groups in total. The Labute approximate surface area is 182 Å². The van der Waals surface area contributed by atoms with Gasteiger partial charge in [0.2, 0.25) is 5.91 Å². The third kappa shape index (κ3) is 4.68. The zero-order valence-corrected chi connectivity index (χ0v) is 17.8. The molecule has 2 aliphatic heterocycles. The fourth-order valence-electron chi connectivity index (χ4n) is 4.11. The van der Waals surface area contributed by atoms with Crippen LogP contribution in [0.25, 0.3) is 5.69 Å². The summed E-state index contributed by atoms with van der Waals surface area (Å²) in [6.45, 7) is 2.18. The van der Waals surface area contributed by atoms with Crippen LogP contribution in [-0.4, -0.2) is 28.0 Å². The largest absolute Gasteiger partial charge is 0.461 e. The Morgan fingerprint density at radius 1 is 1.00 bits per heavy atom. The molecule has 5 rings (SSSR count). The standard InChI is InChI=1S/C15H16N2O2.C10H11NO/c1-2-19-15(18)14-13-9-5-7-11-6-3-4-8-12(11)17(13)10-16-14;12-10-7-3-5-8-4-1-2-6-9(8)11-10/h3-4,6,8,10H,2,5,7,9H2,1H3;1-2,4,6H,3,5,7H2,(H,11,12). The summed E-state index contributed by atoms with van der Waals surface area (Å²) in [5.74, 6) is -0.185. The predicted octanol–water partition coefficient (Wildman–Crippen LogP) is 4.50. The quantitative estimate of drug-likeness (QED) is 0.623. The second kappa shape index (κ2) is 9.60. The average Bonchev–Trinajstić information content (AvgIpc) is 2.98. The summed E-state index contributed by atoms with van der Waals surface area (Å²) in [7, 11) is 0. The first kappa shape index (κ1) is 20.8. The molecule has 0 bridgehead atoms.